The van der Waals surface area contributed by atoms with Crippen molar-refractivity contribution < 1.29 is 4.52 Å². The standard InChI is InChI=1S/C10H11BrN4O/c1-6-14-10(16-15-6)5-13-9-3-2-7(11)4-8(9)12/h2-4,13H,5,12H2,1H3. The fourth-order valence-corrected chi connectivity index (χ4v) is 1.66. The fourth-order valence-electron chi connectivity index (χ4n) is 1.28. The van der Waals surface area contributed by atoms with E-state index in [2.05, 4.69) is 31.4 Å². The van der Waals surface area contributed by atoms with Crippen molar-refractivity contribution in [3.8, 4) is 0 Å². The van der Waals surface area contributed by atoms with Gasteiger partial charge in [-0.2, -0.15) is 4.98 Å². The van der Waals surface area contributed by atoms with Crippen molar-refractivity contribution in [2.24, 2.45) is 0 Å². The third-order valence-electron chi connectivity index (χ3n) is 2.01. The zero-order valence-electron chi connectivity index (χ0n) is 8.70. The van der Waals surface area contributed by atoms with E-state index in [1.165, 1.54) is 0 Å². The maximum absolute atomic E-state index is 5.83. The first-order valence-electron chi connectivity index (χ1n) is 4.73. The van der Waals surface area contributed by atoms with E-state index in [1.54, 1.807) is 6.92 Å². The van der Waals surface area contributed by atoms with Crippen LogP contribution in [0.1, 0.15) is 11.7 Å². The second-order valence-corrected chi connectivity index (χ2v) is 4.24. The first-order valence-corrected chi connectivity index (χ1v) is 5.52. The van der Waals surface area contributed by atoms with Crippen LogP contribution in [0.15, 0.2) is 27.2 Å². The molecule has 1 aromatic heterocycles. The smallest absolute Gasteiger partial charge is 0.245 e. The lowest BCUT2D eigenvalue weighted by atomic mass is 10.3. The molecule has 0 radical (unpaired) electrons. The topological polar surface area (TPSA) is 77.0 Å². The van der Waals surface area contributed by atoms with Gasteiger partial charge in [-0.1, -0.05) is 21.1 Å². The molecular formula is C10H11BrN4O. The molecule has 6 heteroatoms. The van der Waals surface area contributed by atoms with E-state index in [9.17, 15) is 0 Å². The molecular weight excluding hydrogens is 272 g/mol. The molecule has 0 saturated carbocycles. The summed E-state index contributed by atoms with van der Waals surface area (Å²) in [5.74, 6) is 1.17. The highest BCUT2D eigenvalue weighted by atomic mass is 79.9. The number of nitrogens with two attached hydrogens (primary N) is 1. The molecule has 5 nitrogen and oxygen atoms in total. The highest BCUT2D eigenvalue weighted by Gasteiger charge is 2.04. The molecule has 2 rings (SSSR count). The van der Waals surface area contributed by atoms with Gasteiger partial charge in [-0.05, 0) is 25.1 Å². The van der Waals surface area contributed by atoms with Gasteiger partial charge in [0.2, 0.25) is 5.89 Å². The summed E-state index contributed by atoms with van der Waals surface area (Å²) in [6.45, 7) is 2.24. The summed E-state index contributed by atoms with van der Waals surface area (Å²) in [5.41, 5.74) is 7.35. The zero-order chi connectivity index (χ0) is 11.5. The minimum absolute atomic E-state index is 0.465. The van der Waals surface area contributed by atoms with Gasteiger partial charge in [0.25, 0.3) is 0 Å². The molecule has 0 aliphatic heterocycles. The van der Waals surface area contributed by atoms with Crippen LogP contribution < -0.4 is 11.1 Å². The molecule has 0 aliphatic carbocycles. The van der Waals surface area contributed by atoms with E-state index in [1.807, 2.05) is 18.2 Å². The lowest BCUT2D eigenvalue weighted by molar-refractivity contribution is 0.379. The van der Waals surface area contributed by atoms with Crippen molar-refractivity contribution in [3.63, 3.8) is 0 Å². The minimum Gasteiger partial charge on any atom is -0.397 e. The number of hydrogen-bond acceptors (Lipinski definition) is 5. The number of hydrogen-bond donors (Lipinski definition) is 2. The Kier molecular flexibility index (Phi) is 3.09. The van der Waals surface area contributed by atoms with E-state index in [4.69, 9.17) is 10.3 Å². The van der Waals surface area contributed by atoms with E-state index < -0.39 is 0 Å². The molecule has 0 atom stereocenters. The molecule has 0 fully saturated rings. The predicted molar refractivity (Wildman–Crippen MR) is 64.9 cm³/mol. The van der Waals surface area contributed by atoms with Crippen LogP contribution >= 0.6 is 15.9 Å². The van der Waals surface area contributed by atoms with Crippen LogP contribution in [0.5, 0.6) is 0 Å². The summed E-state index contributed by atoms with van der Waals surface area (Å²) in [5, 5.41) is 6.83. The second-order valence-electron chi connectivity index (χ2n) is 3.32. The summed E-state index contributed by atoms with van der Waals surface area (Å²) in [6.07, 6.45) is 0. The van der Waals surface area contributed by atoms with E-state index >= 15 is 0 Å². The van der Waals surface area contributed by atoms with Gasteiger partial charge < -0.3 is 15.6 Å². The number of benzene rings is 1. The van der Waals surface area contributed by atoms with Crippen LogP contribution in [0.4, 0.5) is 11.4 Å². The highest BCUT2D eigenvalue weighted by Crippen LogP contribution is 2.23. The first kappa shape index (κ1) is 10.9. The van der Waals surface area contributed by atoms with E-state index in [0.29, 0.717) is 23.9 Å². The van der Waals surface area contributed by atoms with Gasteiger partial charge in [0, 0.05) is 4.47 Å². The van der Waals surface area contributed by atoms with Crippen molar-refractivity contribution in [1.82, 2.24) is 10.1 Å². The number of nitrogen functional groups attached to an aromatic ring is 1. The molecule has 0 unspecified atom stereocenters. The maximum Gasteiger partial charge on any atom is 0.245 e. The quantitative estimate of drug-likeness (QED) is 0.845. The summed E-state index contributed by atoms with van der Waals surface area (Å²) in [6, 6.07) is 5.64. The molecule has 1 heterocycles. The first-order chi connectivity index (χ1) is 7.65. The summed E-state index contributed by atoms with van der Waals surface area (Å²) in [7, 11) is 0. The van der Waals surface area contributed by atoms with Crippen LogP contribution in [0, 0.1) is 6.92 Å². The number of nitrogens with one attached hydrogen (secondary N) is 1. The van der Waals surface area contributed by atoms with Crippen LogP contribution in [0.25, 0.3) is 0 Å². The Labute approximate surface area is 101 Å². The lowest BCUT2D eigenvalue weighted by Gasteiger charge is -2.06. The number of nitrogens with zero attached hydrogens (tertiary/aromatic N) is 2. The van der Waals surface area contributed by atoms with Crippen LogP contribution in [-0.4, -0.2) is 10.1 Å². The van der Waals surface area contributed by atoms with Gasteiger partial charge in [0.1, 0.15) is 0 Å². The Balaban J connectivity index is 2.04. The Morgan fingerprint density at radius 3 is 2.94 bits per heavy atom. The van der Waals surface area contributed by atoms with Crippen molar-refractivity contribution in [1.29, 1.82) is 0 Å². The maximum atomic E-state index is 5.83. The molecule has 16 heavy (non-hydrogen) atoms. The van der Waals surface area contributed by atoms with E-state index in [0.717, 1.165) is 10.2 Å². The van der Waals surface area contributed by atoms with Crippen molar-refractivity contribution >= 4 is 27.3 Å². The van der Waals surface area contributed by atoms with E-state index in [-0.39, 0.29) is 0 Å². The second kappa shape index (κ2) is 4.52. The SMILES string of the molecule is Cc1noc(CNc2ccc(Br)cc2N)n1. The van der Waals surface area contributed by atoms with Gasteiger partial charge in [0.15, 0.2) is 5.82 Å². The molecule has 0 saturated heterocycles. The van der Waals surface area contributed by atoms with Gasteiger partial charge in [-0.3, -0.25) is 0 Å². The predicted octanol–water partition coefficient (Wildman–Crippen LogP) is 2.33. The van der Waals surface area contributed by atoms with Gasteiger partial charge in [-0.15, -0.1) is 0 Å². The minimum atomic E-state index is 0.465. The average Bonchev–Trinajstić information content (AvgIpc) is 2.63. The Bertz CT molecular complexity index is 497. The molecule has 1 aromatic carbocycles. The number of aryl methyl sites for hydroxylation is 1. The molecule has 0 amide bonds. The zero-order valence-corrected chi connectivity index (χ0v) is 10.3. The molecule has 0 spiro atoms. The molecule has 0 aliphatic rings. The molecule has 3 N–H and O–H groups in total. The molecule has 2 aromatic rings. The summed E-state index contributed by atoms with van der Waals surface area (Å²) in [4.78, 5) is 4.08. The number of anilines is 2. The monoisotopic (exact) mass is 282 g/mol. The normalized spacial score (nSPS) is 10.4. The van der Waals surface area contributed by atoms with Crippen molar-refractivity contribution in [2.45, 2.75) is 13.5 Å². The highest BCUT2D eigenvalue weighted by molar-refractivity contribution is 9.10. The van der Waals surface area contributed by atoms with Crippen molar-refractivity contribution in [2.75, 3.05) is 11.1 Å². The number of aromatic nitrogens is 2. The summed E-state index contributed by atoms with van der Waals surface area (Å²) >= 11 is 3.35. The fraction of sp³-hybridized carbons (Fsp3) is 0.200. The average molecular weight is 283 g/mol. The Morgan fingerprint density at radius 1 is 1.50 bits per heavy atom. The van der Waals surface area contributed by atoms with Gasteiger partial charge in [-0.25, -0.2) is 0 Å². The summed E-state index contributed by atoms with van der Waals surface area (Å²) < 4.78 is 5.92. The number of rotatable bonds is 3. The van der Waals surface area contributed by atoms with Crippen LogP contribution in [0.3, 0.4) is 0 Å². The third-order valence-corrected chi connectivity index (χ3v) is 2.51. The van der Waals surface area contributed by atoms with Crippen LogP contribution in [0.2, 0.25) is 0 Å². The van der Waals surface area contributed by atoms with Gasteiger partial charge >= 0.3 is 0 Å². The van der Waals surface area contributed by atoms with Gasteiger partial charge in [0.05, 0.1) is 17.9 Å². The molecule has 0 bridgehead atoms. The third kappa shape index (κ3) is 2.52. The lowest BCUT2D eigenvalue weighted by Crippen LogP contribution is -2.02. The van der Waals surface area contributed by atoms with Crippen LogP contribution in [-0.2, 0) is 6.54 Å². The van der Waals surface area contributed by atoms with Crippen molar-refractivity contribution in [3.05, 3.63) is 34.4 Å². The Morgan fingerprint density at radius 2 is 2.31 bits per heavy atom. The largest absolute Gasteiger partial charge is 0.397 e. The Hall–Kier alpha value is -1.56. The molecule has 84 valence electrons. The number of halogens is 1.